The lowest BCUT2D eigenvalue weighted by Gasteiger charge is -2.08. The summed E-state index contributed by atoms with van der Waals surface area (Å²) < 4.78 is 19.8. The van der Waals surface area contributed by atoms with E-state index in [1.165, 1.54) is 24.3 Å². The molecule has 7 nitrogen and oxygen atoms in total. The molecule has 8 heteroatoms. The molecule has 24 heavy (non-hydrogen) atoms. The molecule has 0 spiro atoms. The Morgan fingerprint density at radius 2 is 2.04 bits per heavy atom. The Labute approximate surface area is 138 Å². The molecule has 2 amide bonds. The largest absolute Gasteiger partial charge is 0.484 e. The molecule has 1 heterocycles. The zero-order valence-corrected chi connectivity index (χ0v) is 13.7. The van der Waals surface area contributed by atoms with E-state index in [0.29, 0.717) is 11.4 Å². The van der Waals surface area contributed by atoms with Crippen LogP contribution >= 0.6 is 0 Å². The van der Waals surface area contributed by atoms with Gasteiger partial charge in [0.25, 0.3) is 5.91 Å². The first-order chi connectivity index (χ1) is 11.4. The van der Waals surface area contributed by atoms with Gasteiger partial charge in [0.05, 0.1) is 23.6 Å². The zero-order chi connectivity index (χ0) is 17.7. The summed E-state index contributed by atoms with van der Waals surface area (Å²) in [4.78, 5) is 23.6. The molecule has 0 unspecified atom stereocenters. The fraction of sp³-hybridized carbons (Fsp3) is 0.312. The van der Waals surface area contributed by atoms with Crippen molar-refractivity contribution in [1.29, 1.82) is 0 Å². The average molecular weight is 334 g/mol. The van der Waals surface area contributed by atoms with Crippen LogP contribution in [0.5, 0.6) is 5.75 Å². The number of aromatic nitrogens is 2. The highest BCUT2D eigenvalue weighted by Crippen LogP contribution is 2.17. The molecule has 2 rings (SSSR count). The van der Waals surface area contributed by atoms with Crippen molar-refractivity contribution in [1.82, 2.24) is 15.1 Å². The van der Waals surface area contributed by atoms with Gasteiger partial charge in [0.1, 0.15) is 11.6 Å². The minimum Gasteiger partial charge on any atom is -0.484 e. The number of ether oxygens (including phenoxy) is 1. The quantitative estimate of drug-likeness (QED) is 0.834. The lowest BCUT2D eigenvalue weighted by molar-refractivity contribution is -0.125. The molecular formula is C16H19FN4O3. The van der Waals surface area contributed by atoms with E-state index in [1.54, 1.807) is 18.7 Å². The third-order valence-electron chi connectivity index (χ3n) is 3.39. The van der Waals surface area contributed by atoms with Crippen LogP contribution in [0.4, 0.5) is 10.1 Å². The zero-order valence-electron chi connectivity index (χ0n) is 13.7. The molecule has 0 radical (unpaired) electrons. The molecule has 2 N–H and O–H groups in total. The van der Waals surface area contributed by atoms with Crippen molar-refractivity contribution >= 4 is 17.5 Å². The van der Waals surface area contributed by atoms with Crippen LogP contribution in [0.15, 0.2) is 24.3 Å². The number of carbonyl (C=O) groups is 2. The SMILES string of the molecule is Cc1nn(C)c(C)c1NC(=O)CNC(=O)COc1cccc(F)c1. The first-order valence-corrected chi connectivity index (χ1v) is 7.32. The summed E-state index contributed by atoms with van der Waals surface area (Å²) in [6, 6.07) is 5.47. The normalized spacial score (nSPS) is 10.3. The number of nitrogens with one attached hydrogen (secondary N) is 2. The second-order valence-corrected chi connectivity index (χ2v) is 5.24. The maximum Gasteiger partial charge on any atom is 0.258 e. The van der Waals surface area contributed by atoms with Crippen LogP contribution in [0, 0.1) is 19.7 Å². The number of nitrogens with zero attached hydrogens (tertiary/aromatic N) is 2. The van der Waals surface area contributed by atoms with Gasteiger partial charge in [-0.1, -0.05) is 6.07 Å². The highest BCUT2D eigenvalue weighted by molar-refractivity contribution is 5.95. The highest BCUT2D eigenvalue weighted by Gasteiger charge is 2.13. The van der Waals surface area contributed by atoms with Crippen molar-refractivity contribution in [3.63, 3.8) is 0 Å². The molecule has 0 saturated heterocycles. The number of carbonyl (C=O) groups excluding carboxylic acids is 2. The van der Waals surface area contributed by atoms with Crippen molar-refractivity contribution in [2.75, 3.05) is 18.5 Å². The number of amides is 2. The topological polar surface area (TPSA) is 85.3 Å². The van der Waals surface area contributed by atoms with Gasteiger partial charge in [-0.2, -0.15) is 5.10 Å². The summed E-state index contributed by atoms with van der Waals surface area (Å²) in [7, 11) is 1.78. The number of halogens is 1. The summed E-state index contributed by atoms with van der Waals surface area (Å²) in [5, 5.41) is 9.34. The highest BCUT2D eigenvalue weighted by atomic mass is 19.1. The average Bonchev–Trinajstić information content (AvgIpc) is 2.77. The number of aryl methyl sites for hydroxylation is 2. The van der Waals surface area contributed by atoms with Crippen LogP contribution in [0.3, 0.4) is 0 Å². The van der Waals surface area contributed by atoms with Gasteiger partial charge in [-0.05, 0) is 26.0 Å². The molecular weight excluding hydrogens is 315 g/mol. The smallest absolute Gasteiger partial charge is 0.258 e. The van der Waals surface area contributed by atoms with Gasteiger partial charge in [-0.25, -0.2) is 4.39 Å². The van der Waals surface area contributed by atoms with Crippen LogP contribution in [0.25, 0.3) is 0 Å². The van der Waals surface area contributed by atoms with Crippen LogP contribution in [-0.2, 0) is 16.6 Å². The molecule has 128 valence electrons. The fourth-order valence-corrected chi connectivity index (χ4v) is 2.07. The summed E-state index contributed by atoms with van der Waals surface area (Å²) in [5.74, 6) is -1.05. The molecule has 0 fully saturated rings. The Morgan fingerprint density at radius 3 is 2.67 bits per heavy atom. The molecule has 0 aliphatic carbocycles. The Balaban J connectivity index is 1.78. The first kappa shape index (κ1) is 17.5. The first-order valence-electron chi connectivity index (χ1n) is 7.32. The van der Waals surface area contributed by atoms with E-state index in [9.17, 15) is 14.0 Å². The van der Waals surface area contributed by atoms with E-state index in [0.717, 1.165) is 5.69 Å². The third-order valence-corrected chi connectivity index (χ3v) is 3.39. The number of rotatable bonds is 6. The van der Waals surface area contributed by atoms with Crippen molar-refractivity contribution in [3.05, 3.63) is 41.5 Å². The van der Waals surface area contributed by atoms with Crippen LogP contribution in [0.1, 0.15) is 11.4 Å². The molecule has 0 atom stereocenters. The minimum absolute atomic E-state index is 0.195. The molecule has 2 aromatic rings. The predicted octanol–water partition coefficient (Wildman–Crippen LogP) is 1.31. The van der Waals surface area contributed by atoms with E-state index in [2.05, 4.69) is 15.7 Å². The lowest BCUT2D eigenvalue weighted by Crippen LogP contribution is -2.35. The molecule has 0 aliphatic heterocycles. The van der Waals surface area contributed by atoms with Gasteiger partial charge < -0.3 is 15.4 Å². The third kappa shape index (κ3) is 4.55. The Kier molecular flexibility index (Phi) is 5.51. The second-order valence-electron chi connectivity index (χ2n) is 5.24. The minimum atomic E-state index is -0.478. The van der Waals surface area contributed by atoms with E-state index in [1.807, 2.05) is 6.92 Å². The summed E-state index contributed by atoms with van der Waals surface area (Å²) >= 11 is 0. The van der Waals surface area contributed by atoms with Crippen LogP contribution < -0.4 is 15.4 Å². The lowest BCUT2D eigenvalue weighted by atomic mass is 10.3. The van der Waals surface area contributed by atoms with Crippen molar-refractivity contribution < 1.29 is 18.7 Å². The van der Waals surface area contributed by atoms with Crippen molar-refractivity contribution in [2.24, 2.45) is 7.05 Å². The second kappa shape index (κ2) is 7.58. The number of benzene rings is 1. The van der Waals surface area contributed by atoms with Crippen LogP contribution in [0.2, 0.25) is 0 Å². The monoisotopic (exact) mass is 334 g/mol. The van der Waals surface area contributed by atoms with Gasteiger partial charge in [-0.3, -0.25) is 14.3 Å². The van der Waals surface area contributed by atoms with E-state index >= 15 is 0 Å². The van der Waals surface area contributed by atoms with Gasteiger partial charge in [0.2, 0.25) is 5.91 Å². The van der Waals surface area contributed by atoms with Gasteiger partial charge >= 0.3 is 0 Å². The van der Waals surface area contributed by atoms with Crippen LogP contribution in [-0.4, -0.2) is 34.7 Å². The van der Waals surface area contributed by atoms with E-state index in [-0.39, 0.29) is 24.8 Å². The predicted molar refractivity (Wildman–Crippen MR) is 86.2 cm³/mol. The maximum absolute atomic E-state index is 13.0. The van der Waals surface area contributed by atoms with Gasteiger partial charge in [0.15, 0.2) is 6.61 Å². The van der Waals surface area contributed by atoms with Crippen molar-refractivity contribution in [3.8, 4) is 5.75 Å². The Bertz CT molecular complexity index is 758. The maximum atomic E-state index is 13.0. The summed E-state index contributed by atoms with van der Waals surface area (Å²) in [5.41, 5.74) is 2.15. The molecule has 0 saturated carbocycles. The van der Waals surface area contributed by atoms with Crippen molar-refractivity contribution in [2.45, 2.75) is 13.8 Å². The number of hydrogen-bond acceptors (Lipinski definition) is 4. The Hall–Kier alpha value is -2.90. The summed E-state index contributed by atoms with van der Waals surface area (Å²) in [6.07, 6.45) is 0. The Morgan fingerprint density at radius 1 is 1.29 bits per heavy atom. The number of hydrogen-bond donors (Lipinski definition) is 2. The fourth-order valence-electron chi connectivity index (χ4n) is 2.07. The molecule has 1 aromatic carbocycles. The van der Waals surface area contributed by atoms with Gasteiger partial charge in [0, 0.05) is 13.1 Å². The van der Waals surface area contributed by atoms with E-state index < -0.39 is 11.7 Å². The molecule has 0 bridgehead atoms. The molecule has 0 aliphatic rings. The number of anilines is 1. The van der Waals surface area contributed by atoms with E-state index in [4.69, 9.17) is 4.74 Å². The summed E-state index contributed by atoms with van der Waals surface area (Å²) in [6.45, 7) is 3.12. The molecule has 1 aromatic heterocycles. The van der Waals surface area contributed by atoms with Gasteiger partial charge in [-0.15, -0.1) is 0 Å². The standard InChI is InChI=1S/C16H19FN4O3/c1-10-16(11(2)21(3)20-10)19-14(22)8-18-15(23)9-24-13-6-4-5-12(17)7-13/h4-7H,8-9H2,1-3H3,(H,18,23)(H,19,22).